The van der Waals surface area contributed by atoms with Gasteiger partial charge in [-0.2, -0.15) is 0 Å². The molecule has 0 saturated carbocycles. The molecule has 4 rings (SSSR count). The van der Waals surface area contributed by atoms with E-state index in [1.54, 1.807) is 24.2 Å². The van der Waals surface area contributed by atoms with Gasteiger partial charge in [-0.05, 0) is 17.7 Å². The number of anilines is 2. The molecule has 0 radical (unpaired) electrons. The lowest BCUT2D eigenvalue weighted by atomic mass is 10.2. The van der Waals surface area contributed by atoms with Crippen molar-refractivity contribution in [2.75, 3.05) is 18.4 Å². The molecule has 2 aliphatic rings. The number of β-amino-alcohol motifs (C(OH)–C–C–N with tert-alkyl or cyclic N) is 2. The first kappa shape index (κ1) is 14.0. The van der Waals surface area contributed by atoms with Crippen LogP contribution in [-0.4, -0.2) is 50.4 Å². The topological polar surface area (TPSA) is 81.5 Å². The van der Waals surface area contributed by atoms with E-state index in [2.05, 4.69) is 38.4 Å². The lowest BCUT2D eigenvalue weighted by molar-refractivity contribution is 0.0572. The zero-order valence-corrected chi connectivity index (χ0v) is 12.6. The Morgan fingerprint density at radius 2 is 1.95 bits per heavy atom. The lowest BCUT2D eigenvalue weighted by Crippen LogP contribution is -2.22. The Morgan fingerprint density at radius 3 is 2.77 bits per heavy atom. The molecule has 0 spiro atoms. The average molecular weight is 316 g/mol. The van der Waals surface area contributed by atoms with E-state index >= 15 is 0 Å². The van der Waals surface area contributed by atoms with Crippen molar-refractivity contribution in [2.45, 2.75) is 28.7 Å². The molecular weight excluding hydrogens is 300 g/mol. The molecular formula is C15H16N4O2S. The third-order valence-corrected chi connectivity index (χ3v) is 4.98. The zero-order valence-electron chi connectivity index (χ0n) is 11.8. The van der Waals surface area contributed by atoms with Gasteiger partial charge in [0.05, 0.1) is 17.9 Å². The number of likely N-dealkylation sites (tertiary alicyclic amines) is 1. The molecule has 22 heavy (non-hydrogen) atoms. The van der Waals surface area contributed by atoms with Crippen LogP contribution in [0.25, 0.3) is 0 Å². The van der Waals surface area contributed by atoms with Crippen molar-refractivity contribution < 1.29 is 10.2 Å². The first-order chi connectivity index (χ1) is 10.7. The van der Waals surface area contributed by atoms with E-state index in [0.29, 0.717) is 19.6 Å². The van der Waals surface area contributed by atoms with Crippen LogP contribution < -0.4 is 5.32 Å². The summed E-state index contributed by atoms with van der Waals surface area (Å²) in [6.07, 6.45) is 2.08. The molecule has 0 aliphatic carbocycles. The maximum absolute atomic E-state index is 9.62. The van der Waals surface area contributed by atoms with Crippen molar-refractivity contribution in [3.05, 3.63) is 36.2 Å². The van der Waals surface area contributed by atoms with E-state index in [-0.39, 0.29) is 0 Å². The predicted molar refractivity (Wildman–Crippen MR) is 83.2 cm³/mol. The summed E-state index contributed by atoms with van der Waals surface area (Å²) in [5.41, 5.74) is 2.16. The van der Waals surface area contributed by atoms with Gasteiger partial charge in [0.1, 0.15) is 5.03 Å². The van der Waals surface area contributed by atoms with Crippen LogP contribution in [-0.2, 0) is 6.54 Å². The van der Waals surface area contributed by atoms with E-state index < -0.39 is 12.2 Å². The summed E-state index contributed by atoms with van der Waals surface area (Å²) in [6, 6.07) is 6.24. The molecule has 114 valence electrons. The fourth-order valence-corrected chi connectivity index (χ4v) is 3.69. The number of nitrogens with zero attached hydrogens (tertiary/aromatic N) is 3. The molecule has 2 atom stereocenters. The van der Waals surface area contributed by atoms with Gasteiger partial charge in [-0.25, -0.2) is 9.97 Å². The second kappa shape index (κ2) is 5.51. The number of fused-ring (bicyclic) bond motifs is 2. The first-order valence-corrected chi connectivity index (χ1v) is 7.98. The van der Waals surface area contributed by atoms with Crippen LogP contribution in [0, 0.1) is 0 Å². The molecule has 1 aromatic carbocycles. The molecule has 6 nitrogen and oxygen atoms in total. The Morgan fingerprint density at radius 1 is 1.18 bits per heavy atom. The van der Waals surface area contributed by atoms with Crippen molar-refractivity contribution in [3.63, 3.8) is 0 Å². The smallest absolute Gasteiger partial charge is 0.163 e. The Balaban J connectivity index is 1.53. The molecule has 1 saturated heterocycles. The van der Waals surface area contributed by atoms with E-state index in [4.69, 9.17) is 0 Å². The quantitative estimate of drug-likeness (QED) is 0.656. The molecule has 2 aliphatic heterocycles. The minimum Gasteiger partial charge on any atom is -0.389 e. The minimum absolute atomic E-state index is 0.509. The molecule has 0 unspecified atom stereocenters. The predicted octanol–water partition coefficient (Wildman–Crippen LogP) is 1.22. The minimum atomic E-state index is -0.645. The van der Waals surface area contributed by atoms with Crippen LogP contribution in [0.4, 0.5) is 11.5 Å². The van der Waals surface area contributed by atoms with Crippen LogP contribution >= 0.6 is 11.8 Å². The summed E-state index contributed by atoms with van der Waals surface area (Å²) < 4.78 is 0. The molecule has 2 aromatic rings. The second-order valence-electron chi connectivity index (χ2n) is 5.60. The van der Waals surface area contributed by atoms with Gasteiger partial charge in [0.2, 0.25) is 0 Å². The molecule has 3 N–H and O–H groups in total. The standard InChI is InChI=1S/C15H16N4O2S/c20-11-7-19(8-12(11)21)6-9-1-2-13-10(5-9)18-14-15(22-13)17-4-3-16-14/h1-5,11-12,20-21H,6-8H2,(H,16,18)/t11-,12-/m1/s1. The van der Waals surface area contributed by atoms with Crippen LogP contribution in [0.2, 0.25) is 0 Å². The number of hydrogen-bond acceptors (Lipinski definition) is 7. The van der Waals surface area contributed by atoms with E-state index in [1.165, 1.54) is 0 Å². The molecule has 0 amide bonds. The largest absolute Gasteiger partial charge is 0.389 e. The summed E-state index contributed by atoms with van der Waals surface area (Å²) in [5, 5.41) is 23.4. The summed E-state index contributed by atoms with van der Waals surface area (Å²) in [6.45, 7) is 1.73. The van der Waals surface area contributed by atoms with Crippen LogP contribution in [0.1, 0.15) is 5.56 Å². The number of hydrogen-bond donors (Lipinski definition) is 3. The SMILES string of the molecule is O[C@@H]1CN(Cc2ccc3c(c2)Nc2nccnc2S3)C[C@H]1O. The third-order valence-electron chi connectivity index (χ3n) is 3.91. The summed E-state index contributed by atoms with van der Waals surface area (Å²) in [7, 11) is 0. The van der Waals surface area contributed by atoms with Gasteiger partial charge in [-0.1, -0.05) is 17.8 Å². The van der Waals surface area contributed by atoms with E-state index in [0.717, 1.165) is 27.0 Å². The third kappa shape index (κ3) is 2.56. The van der Waals surface area contributed by atoms with Gasteiger partial charge >= 0.3 is 0 Å². The normalized spacial score (nSPS) is 23.7. The van der Waals surface area contributed by atoms with Gasteiger partial charge in [0.25, 0.3) is 0 Å². The lowest BCUT2D eigenvalue weighted by Gasteiger charge is -2.21. The van der Waals surface area contributed by atoms with Crippen LogP contribution in [0.5, 0.6) is 0 Å². The molecule has 7 heteroatoms. The van der Waals surface area contributed by atoms with Gasteiger partial charge in [-0.3, -0.25) is 4.90 Å². The number of aromatic nitrogens is 2. The highest BCUT2D eigenvalue weighted by Crippen LogP contribution is 2.42. The maximum Gasteiger partial charge on any atom is 0.163 e. The van der Waals surface area contributed by atoms with Crippen molar-refractivity contribution in [1.29, 1.82) is 0 Å². The molecule has 1 fully saturated rings. The number of rotatable bonds is 2. The van der Waals surface area contributed by atoms with Crippen LogP contribution in [0.3, 0.4) is 0 Å². The monoisotopic (exact) mass is 316 g/mol. The summed E-state index contributed by atoms with van der Waals surface area (Å²) in [5.74, 6) is 0.782. The van der Waals surface area contributed by atoms with E-state index in [9.17, 15) is 10.2 Å². The Kier molecular flexibility index (Phi) is 3.50. The highest BCUT2D eigenvalue weighted by Gasteiger charge is 2.29. The van der Waals surface area contributed by atoms with E-state index in [1.807, 2.05) is 0 Å². The number of aliphatic hydroxyl groups excluding tert-OH is 2. The fourth-order valence-electron chi connectivity index (χ4n) is 2.81. The number of aliphatic hydroxyl groups is 2. The van der Waals surface area contributed by atoms with Gasteiger partial charge < -0.3 is 15.5 Å². The van der Waals surface area contributed by atoms with Gasteiger partial charge in [0, 0.05) is 36.9 Å². The fraction of sp³-hybridized carbons (Fsp3) is 0.333. The average Bonchev–Trinajstić information content (AvgIpc) is 2.83. The summed E-state index contributed by atoms with van der Waals surface area (Å²) >= 11 is 1.61. The highest BCUT2D eigenvalue weighted by atomic mass is 32.2. The zero-order chi connectivity index (χ0) is 15.1. The Hall–Kier alpha value is -1.67. The molecule has 1 aromatic heterocycles. The summed E-state index contributed by atoms with van der Waals surface area (Å²) in [4.78, 5) is 11.8. The first-order valence-electron chi connectivity index (χ1n) is 7.16. The molecule has 0 bridgehead atoms. The van der Waals surface area contributed by atoms with Gasteiger partial charge in [-0.15, -0.1) is 0 Å². The van der Waals surface area contributed by atoms with Crippen LogP contribution in [0.15, 0.2) is 40.5 Å². The number of nitrogens with one attached hydrogen (secondary N) is 1. The van der Waals surface area contributed by atoms with Gasteiger partial charge in [0.15, 0.2) is 5.82 Å². The van der Waals surface area contributed by atoms with Crippen molar-refractivity contribution in [3.8, 4) is 0 Å². The van der Waals surface area contributed by atoms with Crippen molar-refractivity contribution >= 4 is 23.3 Å². The Labute approximate surface area is 132 Å². The maximum atomic E-state index is 9.62. The number of benzene rings is 1. The van der Waals surface area contributed by atoms with Crippen molar-refractivity contribution in [2.24, 2.45) is 0 Å². The Bertz CT molecular complexity index is 702. The van der Waals surface area contributed by atoms with Crippen molar-refractivity contribution in [1.82, 2.24) is 14.9 Å². The second-order valence-corrected chi connectivity index (χ2v) is 6.63. The molecule has 3 heterocycles. The highest BCUT2D eigenvalue weighted by molar-refractivity contribution is 7.99.